The third-order valence-corrected chi connectivity index (χ3v) is 2.67. The number of hydrogen-bond acceptors (Lipinski definition) is 0. The summed E-state index contributed by atoms with van der Waals surface area (Å²) in [6.07, 6.45) is -34.7. The van der Waals surface area contributed by atoms with E-state index < -0.39 is 54.1 Å². The van der Waals surface area contributed by atoms with Crippen molar-refractivity contribution in [2.24, 2.45) is 5.41 Å². The van der Waals surface area contributed by atoms with Gasteiger partial charge in [-0.2, -0.15) is 70.2 Å². The van der Waals surface area contributed by atoms with Crippen molar-refractivity contribution in [3.05, 3.63) is 12.2 Å². The molecule has 0 rings (SSSR count). The Kier molecular flexibility index (Phi) is 5.50. The minimum absolute atomic E-state index is 2.35. The lowest BCUT2D eigenvalue weighted by Crippen LogP contribution is -2.65. The van der Waals surface area contributed by atoms with Crippen molar-refractivity contribution in [2.75, 3.05) is 0 Å². The Labute approximate surface area is 126 Å². The molecule has 0 amide bonds. The molecule has 0 bridgehead atoms. The smallest absolute Gasteiger partial charge is 0.195 e. The van der Waals surface area contributed by atoms with Crippen molar-refractivity contribution >= 4 is 0 Å². The summed E-state index contributed by atoms with van der Waals surface area (Å²) in [5.41, 5.74) is -7.39. The fourth-order valence-corrected chi connectivity index (χ4v) is 1.36. The van der Waals surface area contributed by atoms with Crippen molar-refractivity contribution < 1.29 is 70.2 Å². The molecule has 0 nitrogen and oxygen atoms in total. The maximum Gasteiger partial charge on any atom is 0.457 e. The molecule has 0 aliphatic carbocycles. The van der Waals surface area contributed by atoms with Gasteiger partial charge in [0.15, 0.2) is 0 Å². The fourth-order valence-electron chi connectivity index (χ4n) is 1.36. The summed E-state index contributed by atoms with van der Waals surface area (Å²) in [6, 6.07) is 0. The van der Waals surface area contributed by atoms with Crippen LogP contribution in [0.5, 0.6) is 0 Å². The Hall–Kier alpha value is -1.38. The first-order chi connectivity index (χ1) is 10.5. The zero-order valence-corrected chi connectivity index (χ0v) is 10.7. The SMILES string of the molecule is FC(F)(F)C(F)(F)C=CC(C(F)(F)F)(C(F)(F)F)C(F)(F)C(F)(F)F. The minimum Gasteiger partial charge on any atom is -0.195 e. The molecule has 0 aliphatic heterocycles. The second-order valence-corrected chi connectivity index (χ2v) is 4.33. The van der Waals surface area contributed by atoms with Crippen molar-refractivity contribution in [1.82, 2.24) is 0 Å². The number of hydrogen-bond donors (Lipinski definition) is 0. The van der Waals surface area contributed by atoms with Crippen LogP contribution >= 0.6 is 0 Å². The zero-order valence-electron chi connectivity index (χ0n) is 10.7. The first-order valence-electron chi connectivity index (χ1n) is 5.18. The first-order valence-corrected chi connectivity index (χ1v) is 5.18. The summed E-state index contributed by atoms with van der Waals surface area (Å²) in [4.78, 5) is 0. The second kappa shape index (κ2) is 5.82. The van der Waals surface area contributed by atoms with Gasteiger partial charge in [-0.1, -0.05) is 6.08 Å². The van der Waals surface area contributed by atoms with Crippen LogP contribution in [0.1, 0.15) is 0 Å². The lowest BCUT2D eigenvalue weighted by Gasteiger charge is -2.41. The highest BCUT2D eigenvalue weighted by molar-refractivity contribution is 5.20. The maximum atomic E-state index is 13.0. The monoisotopic (exact) mass is 414 g/mol. The summed E-state index contributed by atoms with van der Waals surface area (Å²) in [5, 5.41) is 0. The Morgan fingerprint density at radius 2 is 0.680 bits per heavy atom. The van der Waals surface area contributed by atoms with Gasteiger partial charge < -0.3 is 0 Å². The first kappa shape index (κ1) is 23.6. The van der Waals surface area contributed by atoms with Crippen molar-refractivity contribution in [3.63, 3.8) is 0 Å². The predicted molar refractivity (Wildman–Crippen MR) is 45.7 cm³/mol. The van der Waals surface area contributed by atoms with E-state index in [1.165, 1.54) is 0 Å². The van der Waals surface area contributed by atoms with E-state index in [2.05, 4.69) is 0 Å². The van der Waals surface area contributed by atoms with E-state index >= 15 is 0 Å². The van der Waals surface area contributed by atoms with Crippen LogP contribution in [0.15, 0.2) is 12.2 Å². The third-order valence-electron chi connectivity index (χ3n) is 2.67. The van der Waals surface area contributed by atoms with Gasteiger partial charge in [0.25, 0.3) is 5.41 Å². The number of allylic oxidation sites excluding steroid dienone is 2. The van der Waals surface area contributed by atoms with Gasteiger partial charge in [0.05, 0.1) is 0 Å². The number of rotatable bonds is 3. The molecule has 16 heteroatoms. The van der Waals surface area contributed by atoms with E-state index in [1.54, 1.807) is 0 Å². The van der Waals surface area contributed by atoms with E-state index in [0.29, 0.717) is 0 Å². The fraction of sp³-hybridized carbons (Fsp3) is 0.778. The Bertz CT molecular complexity index is 480. The summed E-state index contributed by atoms with van der Waals surface area (Å²) < 4.78 is 197. The van der Waals surface area contributed by atoms with Gasteiger partial charge in [-0.3, -0.25) is 0 Å². The molecule has 0 saturated carbocycles. The molecule has 0 heterocycles. The summed E-state index contributed by atoms with van der Waals surface area (Å²) in [6.45, 7) is 0. The molecule has 0 fully saturated rings. The highest BCUT2D eigenvalue weighted by Crippen LogP contribution is 2.64. The maximum absolute atomic E-state index is 13.0. The van der Waals surface area contributed by atoms with Crippen LogP contribution < -0.4 is 0 Å². The normalized spacial score (nSPS) is 16.6. The summed E-state index contributed by atoms with van der Waals surface area (Å²) in [7, 11) is 0. The molecule has 25 heavy (non-hydrogen) atoms. The molecule has 0 aliphatic rings. The molecular weight excluding hydrogens is 412 g/mol. The van der Waals surface area contributed by atoms with Gasteiger partial charge in [-0.05, 0) is 6.08 Å². The quantitative estimate of drug-likeness (QED) is 0.390. The summed E-state index contributed by atoms with van der Waals surface area (Å²) in [5.74, 6) is -14.4. The van der Waals surface area contributed by atoms with Crippen LogP contribution in [0, 0.1) is 5.41 Å². The Morgan fingerprint density at radius 3 is 0.880 bits per heavy atom. The van der Waals surface area contributed by atoms with Crippen LogP contribution in [0.4, 0.5) is 70.2 Å². The van der Waals surface area contributed by atoms with Gasteiger partial charge in [0.1, 0.15) is 0 Å². The van der Waals surface area contributed by atoms with E-state index in [-0.39, 0.29) is 0 Å². The summed E-state index contributed by atoms with van der Waals surface area (Å²) >= 11 is 0. The van der Waals surface area contributed by atoms with E-state index in [0.717, 1.165) is 0 Å². The molecule has 0 radical (unpaired) electrons. The van der Waals surface area contributed by atoms with Crippen LogP contribution in [0.2, 0.25) is 0 Å². The Morgan fingerprint density at radius 1 is 0.360 bits per heavy atom. The molecule has 0 aromatic carbocycles. The molecule has 0 spiro atoms. The molecule has 0 unspecified atom stereocenters. The molecule has 0 aromatic rings. The minimum atomic E-state index is -7.82. The molecule has 0 aromatic heterocycles. The second-order valence-electron chi connectivity index (χ2n) is 4.33. The number of halogens is 16. The van der Waals surface area contributed by atoms with Gasteiger partial charge in [0.2, 0.25) is 0 Å². The van der Waals surface area contributed by atoms with Gasteiger partial charge >= 0.3 is 36.6 Å². The van der Waals surface area contributed by atoms with Gasteiger partial charge in [-0.25, -0.2) is 0 Å². The standard InChI is InChI=1S/C9H2F16/c10-4(11,8(20,21)22)2-1-3(6(14,15)16,7(17,18)19)5(12,13)9(23,24)25/h1-2H. The lowest BCUT2D eigenvalue weighted by atomic mass is 9.78. The van der Waals surface area contributed by atoms with Crippen molar-refractivity contribution in [2.45, 2.75) is 36.6 Å². The average molecular weight is 414 g/mol. The largest absolute Gasteiger partial charge is 0.457 e. The van der Waals surface area contributed by atoms with Crippen LogP contribution in [0.3, 0.4) is 0 Å². The van der Waals surface area contributed by atoms with Crippen molar-refractivity contribution in [3.8, 4) is 0 Å². The molecule has 0 saturated heterocycles. The van der Waals surface area contributed by atoms with E-state index in [4.69, 9.17) is 0 Å². The third kappa shape index (κ3) is 3.75. The highest BCUT2D eigenvalue weighted by atomic mass is 19.4. The Balaban J connectivity index is 6.89. The number of alkyl halides is 16. The molecular formula is C9H2F16. The molecule has 0 atom stereocenters. The zero-order chi connectivity index (χ0) is 20.9. The highest BCUT2D eigenvalue weighted by Gasteiger charge is 2.88. The van der Waals surface area contributed by atoms with Gasteiger partial charge in [-0.15, -0.1) is 0 Å². The molecule has 0 N–H and O–H groups in total. The van der Waals surface area contributed by atoms with Crippen molar-refractivity contribution in [1.29, 1.82) is 0 Å². The van der Waals surface area contributed by atoms with Crippen LogP contribution in [-0.4, -0.2) is 36.6 Å². The average Bonchev–Trinajstić information content (AvgIpc) is 2.21. The topological polar surface area (TPSA) is 0 Å². The van der Waals surface area contributed by atoms with Crippen LogP contribution in [-0.2, 0) is 0 Å². The lowest BCUT2D eigenvalue weighted by molar-refractivity contribution is -0.431. The van der Waals surface area contributed by atoms with Crippen LogP contribution in [0.25, 0.3) is 0 Å². The van der Waals surface area contributed by atoms with E-state index in [9.17, 15) is 70.2 Å². The van der Waals surface area contributed by atoms with Gasteiger partial charge in [0, 0.05) is 0 Å². The predicted octanol–water partition coefficient (Wildman–Crippen LogP) is 6.05. The molecule has 150 valence electrons. The van der Waals surface area contributed by atoms with E-state index in [1.807, 2.05) is 0 Å².